The van der Waals surface area contributed by atoms with E-state index >= 15 is 0 Å². The van der Waals surface area contributed by atoms with E-state index in [2.05, 4.69) is 199 Å². The SMILES string of the molecule is N#Cc1ccc2c3c1ccc1c(-c4c5ccccc5c(-c5ccc(-c6ccccc6)c6ccccc56)c5ccccc45)ccc(c13)n2-c1ccc2ccccc2c1. The van der Waals surface area contributed by atoms with Gasteiger partial charge < -0.3 is 4.57 Å². The van der Waals surface area contributed by atoms with Crippen molar-refractivity contribution in [1.29, 1.82) is 5.26 Å². The Balaban J connectivity index is 1.17. The van der Waals surface area contributed by atoms with Crippen LogP contribution in [-0.4, -0.2) is 4.57 Å². The molecule has 0 aliphatic heterocycles. The number of aromatic nitrogens is 1. The predicted octanol–water partition coefficient (Wildman–Crippen LogP) is 14.9. The minimum atomic E-state index is 0.693. The summed E-state index contributed by atoms with van der Waals surface area (Å²) in [5, 5.41) is 24.5. The van der Waals surface area contributed by atoms with E-state index in [9.17, 15) is 5.26 Å². The average Bonchev–Trinajstić information content (AvgIpc) is 3.62. The maximum atomic E-state index is 10.3. The van der Waals surface area contributed by atoms with Crippen LogP contribution in [0, 0.1) is 11.3 Å². The summed E-state index contributed by atoms with van der Waals surface area (Å²) in [4.78, 5) is 0. The van der Waals surface area contributed by atoms with Gasteiger partial charge in [0.15, 0.2) is 0 Å². The van der Waals surface area contributed by atoms with Crippen LogP contribution in [-0.2, 0) is 0 Å². The molecule has 2 heteroatoms. The van der Waals surface area contributed by atoms with Crippen LogP contribution in [0.1, 0.15) is 5.56 Å². The zero-order valence-electron chi connectivity index (χ0n) is 30.9. The fraction of sp³-hybridized carbons (Fsp3) is 0. The van der Waals surface area contributed by atoms with E-state index in [0.29, 0.717) is 5.56 Å². The Bertz CT molecular complexity index is 3580. The van der Waals surface area contributed by atoms with Crippen molar-refractivity contribution in [2.75, 3.05) is 0 Å². The topological polar surface area (TPSA) is 28.7 Å². The van der Waals surface area contributed by atoms with Gasteiger partial charge in [0.25, 0.3) is 0 Å². The fourth-order valence-corrected chi connectivity index (χ4v) is 9.76. The highest BCUT2D eigenvalue weighted by Gasteiger charge is 2.24. The molecule has 0 aliphatic carbocycles. The minimum Gasteiger partial charge on any atom is -0.309 e. The smallest absolute Gasteiger partial charge is 0.0998 e. The van der Waals surface area contributed by atoms with Gasteiger partial charge in [-0.3, -0.25) is 0 Å². The van der Waals surface area contributed by atoms with Gasteiger partial charge in [-0.1, -0.05) is 164 Å². The molecule has 262 valence electrons. The quantitative estimate of drug-likeness (QED) is 0.131. The lowest BCUT2D eigenvalue weighted by atomic mass is 9.82. The molecule has 12 aromatic rings. The van der Waals surface area contributed by atoms with Gasteiger partial charge in [-0.2, -0.15) is 5.26 Å². The number of nitriles is 1. The van der Waals surface area contributed by atoms with Gasteiger partial charge in [0.2, 0.25) is 0 Å². The van der Waals surface area contributed by atoms with Crippen molar-refractivity contribution < 1.29 is 0 Å². The number of rotatable bonds is 4. The number of fused-ring (bicyclic) bond motifs is 4. The lowest BCUT2D eigenvalue weighted by Gasteiger charge is -2.20. The maximum absolute atomic E-state index is 10.3. The Hall–Kier alpha value is -7.73. The molecule has 2 nitrogen and oxygen atoms in total. The Morgan fingerprint density at radius 2 is 0.842 bits per heavy atom. The van der Waals surface area contributed by atoms with Crippen LogP contribution >= 0.6 is 0 Å². The molecule has 0 spiro atoms. The van der Waals surface area contributed by atoms with Crippen molar-refractivity contribution in [3.8, 4) is 45.1 Å². The van der Waals surface area contributed by atoms with Crippen LogP contribution in [0.5, 0.6) is 0 Å². The molecule has 12 rings (SSSR count). The summed E-state index contributed by atoms with van der Waals surface area (Å²) in [6, 6.07) is 72.9. The highest BCUT2D eigenvalue weighted by molar-refractivity contribution is 6.31. The van der Waals surface area contributed by atoms with E-state index < -0.39 is 0 Å². The molecule has 0 atom stereocenters. The third kappa shape index (κ3) is 4.52. The second-order valence-electron chi connectivity index (χ2n) is 15.1. The van der Waals surface area contributed by atoms with Gasteiger partial charge in [0.1, 0.15) is 0 Å². The lowest BCUT2D eigenvalue weighted by Crippen LogP contribution is -1.95. The van der Waals surface area contributed by atoms with Crippen molar-refractivity contribution in [1.82, 2.24) is 4.57 Å². The molecular weight excluding hydrogens is 689 g/mol. The Labute approximate surface area is 329 Å². The number of benzene rings is 11. The summed E-state index contributed by atoms with van der Waals surface area (Å²) in [6.07, 6.45) is 0. The molecule has 0 N–H and O–H groups in total. The zero-order chi connectivity index (χ0) is 37.6. The van der Waals surface area contributed by atoms with Gasteiger partial charge in [0, 0.05) is 21.8 Å². The molecule has 0 unspecified atom stereocenters. The highest BCUT2D eigenvalue weighted by atomic mass is 15.0. The number of nitrogens with zero attached hydrogens (tertiary/aromatic N) is 2. The van der Waals surface area contributed by atoms with Gasteiger partial charge in [-0.25, -0.2) is 0 Å². The van der Waals surface area contributed by atoms with E-state index in [1.165, 1.54) is 87.2 Å². The van der Waals surface area contributed by atoms with Crippen LogP contribution in [0.25, 0.3) is 115 Å². The molecule has 0 amide bonds. The number of hydrogen-bond donors (Lipinski definition) is 0. The second-order valence-corrected chi connectivity index (χ2v) is 15.1. The lowest BCUT2D eigenvalue weighted by molar-refractivity contribution is 1.19. The van der Waals surface area contributed by atoms with Crippen molar-refractivity contribution in [2.45, 2.75) is 0 Å². The monoisotopic (exact) mass is 720 g/mol. The molecule has 11 aromatic carbocycles. The molecule has 0 saturated carbocycles. The molecule has 0 radical (unpaired) electrons. The average molecular weight is 721 g/mol. The largest absolute Gasteiger partial charge is 0.309 e. The van der Waals surface area contributed by atoms with Crippen molar-refractivity contribution in [3.63, 3.8) is 0 Å². The summed E-state index contributed by atoms with van der Waals surface area (Å²) in [5.74, 6) is 0. The summed E-state index contributed by atoms with van der Waals surface area (Å²) in [6.45, 7) is 0. The molecule has 0 fully saturated rings. The van der Waals surface area contributed by atoms with E-state index in [1.54, 1.807) is 0 Å². The standard InChI is InChI=1S/C55H32N2/c56-33-37-23-30-50-54-40(37)26-28-49-48(29-31-51(55(49)54)57(50)38-24-22-34-12-4-5-15-36(34)32-38)53-45-20-10-8-18-43(45)52(44-19-9-11-21-46(44)53)47-27-25-39(35-13-2-1-3-14-35)41-16-6-7-17-42(41)47/h1-32H. The van der Waals surface area contributed by atoms with Gasteiger partial charge >= 0.3 is 0 Å². The Morgan fingerprint density at radius 3 is 1.51 bits per heavy atom. The summed E-state index contributed by atoms with van der Waals surface area (Å²) in [5.41, 5.74) is 11.4. The molecule has 0 saturated heterocycles. The molecule has 0 bridgehead atoms. The van der Waals surface area contributed by atoms with E-state index in [1.807, 2.05) is 6.07 Å². The van der Waals surface area contributed by atoms with E-state index in [4.69, 9.17) is 0 Å². The van der Waals surface area contributed by atoms with Crippen molar-refractivity contribution >= 4 is 75.7 Å². The second kappa shape index (κ2) is 12.1. The first kappa shape index (κ1) is 31.6. The first-order chi connectivity index (χ1) is 28.3. The van der Waals surface area contributed by atoms with Crippen LogP contribution in [0.2, 0.25) is 0 Å². The van der Waals surface area contributed by atoms with Crippen LogP contribution < -0.4 is 0 Å². The van der Waals surface area contributed by atoms with E-state index in [-0.39, 0.29) is 0 Å². The molecule has 1 heterocycles. The van der Waals surface area contributed by atoms with Gasteiger partial charge in [-0.15, -0.1) is 0 Å². The summed E-state index contributed by atoms with van der Waals surface area (Å²) < 4.78 is 2.38. The predicted molar refractivity (Wildman–Crippen MR) is 241 cm³/mol. The third-order valence-corrected chi connectivity index (χ3v) is 12.2. The molecule has 57 heavy (non-hydrogen) atoms. The molecule has 1 aromatic heterocycles. The van der Waals surface area contributed by atoms with Crippen molar-refractivity contribution in [3.05, 3.63) is 200 Å². The minimum absolute atomic E-state index is 0.693. The Morgan fingerprint density at radius 1 is 0.351 bits per heavy atom. The van der Waals surface area contributed by atoms with Gasteiger partial charge in [0.05, 0.1) is 22.7 Å². The van der Waals surface area contributed by atoms with Crippen LogP contribution in [0.4, 0.5) is 0 Å². The maximum Gasteiger partial charge on any atom is 0.0998 e. The van der Waals surface area contributed by atoms with Gasteiger partial charge in [-0.05, 0) is 112 Å². The van der Waals surface area contributed by atoms with E-state index in [0.717, 1.165) is 27.5 Å². The van der Waals surface area contributed by atoms with Crippen molar-refractivity contribution in [2.24, 2.45) is 0 Å². The fourth-order valence-electron chi connectivity index (χ4n) is 9.76. The van der Waals surface area contributed by atoms with Crippen LogP contribution in [0.3, 0.4) is 0 Å². The third-order valence-electron chi connectivity index (χ3n) is 12.2. The zero-order valence-corrected chi connectivity index (χ0v) is 30.9. The summed E-state index contributed by atoms with van der Waals surface area (Å²) in [7, 11) is 0. The summed E-state index contributed by atoms with van der Waals surface area (Å²) >= 11 is 0. The molecule has 0 aliphatic rings. The Kier molecular flexibility index (Phi) is 6.73. The number of hydrogen-bond acceptors (Lipinski definition) is 1. The first-order valence-corrected chi connectivity index (χ1v) is 19.5. The normalized spacial score (nSPS) is 11.8. The molecular formula is C55H32N2. The van der Waals surface area contributed by atoms with Crippen LogP contribution in [0.15, 0.2) is 194 Å². The highest BCUT2D eigenvalue weighted by Crippen LogP contribution is 2.50. The first-order valence-electron chi connectivity index (χ1n) is 19.5.